The minimum atomic E-state index is -0.630. The molecular weight excluding hydrogens is 476 g/mol. The number of piperidine rings is 1. The Balaban J connectivity index is 1.47. The van der Waals surface area contributed by atoms with Crippen LogP contribution in [-0.4, -0.2) is 56.7 Å². The first-order chi connectivity index (χ1) is 17.3. The highest BCUT2D eigenvalue weighted by Crippen LogP contribution is 2.47. The molecule has 1 saturated heterocycles. The van der Waals surface area contributed by atoms with Crippen LogP contribution in [0.15, 0.2) is 36.9 Å². The molecule has 2 aliphatic rings. The van der Waals surface area contributed by atoms with Crippen molar-refractivity contribution in [1.29, 1.82) is 0 Å². The second-order valence-corrected chi connectivity index (χ2v) is 11.2. The van der Waals surface area contributed by atoms with Crippen LogP contribution >= 0.6 is 11.6 Å². The fraction of sp³-hybridized carbons (Fsp3) is 0.630. The molecule has 1 saturated carbocycles. The van der Waals surface area contributed by atoms with Gasteiger partial charge in [-0.15, -0.1) is 0 Å². The third kappa shape index (κ3) is 6.85. The summed E-state index contributed by atoms with van der Waals surface area (Å²) in [6, 6.07) is 6.54. The van der Waals surface area contributed by atoms with Crippen molar-refractivity contribution in [2.24, 2.45) is 17.1 Å². The fourth-order valence-corrected chi connectivity index (χ4v) is 6.17. The Morgan fingerprint density at radius 2 is 1.86 bits per heavy atom. The number of halogens is 1. The minimum absolute atomic E-state index is 0.0269. The molecule has 2 fully saturated rings. The van der Waals surface area contributed by atoms with Gasteiger partial charge in [0.25, 0.3) is 0 Å². The fourth-order valence-electron chi connectivity index (χ4n) is 6.04. The van der Waals surface area contributed by atoms with Crippen LogP contribution in [0.25, 0.3) is 0 Å². The molecule has 36 heavy (non-hydrogen) atoms. The van der Waals surface area contributed by atoms with E-state index in [1.165, 1.54) is 32.1 Å². The quantitative estimate of drug-likeness (QED) is 0.532. The van der Waals surface area contributed by atoms with E-state index >= 15 is 0 Å². The lowest BCUT2D eigenvalue weighted by Gasteiger charge is -2.48. The van der Waals surface area contributed by atoms with Gasteiger partial charge >= 0.3 is 0 Å². The van der Waals surface area contributed by atoms with Crippen LogP contribution in [0.3, 0.4) is 0 Å². The van der Waals surface area contributed by atoms with Crippen LogP contribution in [0, 0.1) is 11.3 Å². The molecule has 0 bridgehead atoms. The molecule has 2 amide bonds. The monoisotopic (exact) mass is 514 g/mol. The van der Waals surface area contributed by atoms with Crippen molar-refractivity contribution in [2.75, 3.05) is 13.1 Å². The van der Waals surface area contributed by atoms with Gasteiger partial charge in [-0.05, 0) is 61.6 Å². The van der Waals surface area contributed by atoms with Gasteiger partial charge in [0.1, 0.15) is 18.7 Å². The largest absolute Gasteiger partial charge is 0.344 e. The number of carbonyl (C=O) groups excluding carboxylic acids is 2. The molecule has 196 valence electrons. The topological polar surface area (TPSA) is 106 Å². The number of rotatable bonds is 9. The second-order valence-electron chi connectivity index (χ2n) is 10.7. The van der Waals surface area contributed by atoms with Gasteiger partial charge in [0.05, 0.1) is 0 Å². The molecule has 0 spiro atoms. The van der Waals surface area contributed by atoms with Gasteiger partial charge in [0.2, 0.25) is 11.8 Å². The summed E-state index contributed by atoms with van der Waals surface area (Å²) < 4.78 is 1.96. The smallest absolute Gasteiger partial charge is 0.245 e. The molecule has 1 aromatic carbocycles. The summed E-state index contributed by atoms with van der Waals surface area (Å²) in [5.74, 6) is 0.418. The highest BCUT2D eigenvalue weighted by molar-refractivity contribution is 6.30. The second kappa shape index (κ2) is 12.2. The molecule has 1 aromatic heterocycles. The van der Waals surface area contributed by atoms with Gasteiger partial charge in [-0.3, -0.25) is 14.3 Å². The lowest BCUT2D eigenvalue weighted by Crippen LogP contribution is -2.55. The van der Waals surface area contributed by atoms with Gasteiger partial charge in [-0.1, -0.05) is 43.0 Å². The maximum Gasteiger partial charge on any atom is 0.245 e. The standard InChI is InChI=1S/C27H39ClN6O2/c1-20(29)15-25(35)32-24(16-21-7-9-23(28)10-8-21)26(36)33-13-11-27(12-14-33,17-34-19-30-18-31-34)22-5-3-2-4-6-22/h7-10,18-20,22,24H,2-6,11-17,29H2,1H3,(H,32,35)/t20-,24+/m0/s1. The first kappa shape index (κ1) is 26.6. The van der Waals surface area contributed by atoms with E-state index in [1.54, 1.807) is 19.6 Å². The summed E-state index contributed by atoms with van der Waals surface area (Å²) in [6.07, 6.45) is 12.2. The van der Waals surface area contributed by atoms with Crippen molar-refractivity contribution in [3.8, 4) is 0 Å². The zero-order valence-electron chi connectivity index (χ0n) is 21.2. The molecule has 2 atom stereocenters. The first-order valence-corrected chi connectivity index (χ1v) is 13.6. The number of hydrogen-bond donors (Lipinski definition) is 2. The number of aromatic nitrogens is 3. The predicted molar refractivity (Wildman–Crippen MR) is 140 cm³/mol. The third-order valence-electron chi connectivity index (χ3n) is 7.98. The molecule has 8 nitrogen and oxygen atoms in total. The number of nitrogens with two attached hydrogens (primary N) is 1. The summed E-state index contributed by atoms with van der Waals surface area (Å²) in [7, 11) is 0. The van der Waals surface area contributed by atoms with Crippen LogP contribution in [0.1, 0.15) is 63.9 Å². The van der Waals surface area contributed by atoms with Crippen LogP contribution in [-0.2, 0) is 22.6 Å². The van der Waals surface area contributed by atoms with Gasteiger partial charge in [0.15, 0.2) is 0 Å². The van der Waals surface area contributed by atoms with Crippen molar-refractivity contribution in [3.63, 3.8) is 0 Å². The van der Waals surface area contributed by atoms with E-state index in [-0.39, 0.29) is 29.7 Å². The van der Waals surface area contributed by atoms with Gasteiger partial charge in [0, 0.05) is 43.5 Å². The highest BCUT2D eigenvalue weighted by atomic mass is 35.5. The normalized spacial score (nSPS) is 20.0. The average Bonchev–Trinajstić information content (AvgIpc) is 3.38. The maximum atomic E-state index is 13.7. The molecule has 0 radical (unpaired) electrons. The Morgan fingerprint density at radius 3 is 2.47 bits per heavy atom. The SMILES string of the molecule is C[C@H](N)CC(=O)N[C@H](Cc1ccc(Cl)cc1)C(=O)N1CCC(Cn2cncn2)(C2CCCCC2)CC1. The summed E-state index contributed by atoms with van der Waals surface area (Å²) in [4.78, 5) is 32.4. The summed E-state index contributed by atoms with van der Waals surface area (Å²) in [5.41, 5.74) is 6.91. The van der Waals surface area contributed by atoms with Crippen molar-refractivity contribution >= 4 is 23.4 Å². The van der Waals surface area contributed by atoms with E-state index < -0.39 is 6.04 Å². The zero-order valence-corrected chi connectivity index (χ0v) is 22.0. The Hall–Kier alpha value is -2.45. The third-order valence-corrected chi connectivity index (χ3v) is 8.23. The summed E-state index contributed by atoms with van der Waals surface area (Å²) in [6.45, 7) is 4.01. The first-order valence-electron chi connectivity index (χ1n) is 13.3. The number of amides is 2. The Morgan fingerprint density at radius 1 is 1.17 bits per heavy atom. The number of nitrogens with zero attached hydrogens (tertiary/aromatic N) is 4. The van der Waals surface area contributed by atoms with Crippen molar-refractivity contribution in [1.82, 2.24) is 25.0 Å². The van der Waals surface area contributed by atoms with E-state index in [2.05, 4.69) is 15.4 Å². The molecule has 1 aliphatic heterocycles. The number of nitrogens with one attached hydrogen (secondary N) is 1. The van der Waals surface area contributed by atoms with E-state index in [9.17, 15) is 9.59 Å². The van der Waals surface area contributed by atoms with Crippen molar-refractivity contribution < 1.29 is 9.59 Å². The van der Waals surface area contributed by atoms with E-state index in [0.29, 0.717) is 30.5 Å². The van der Waals surface area contributed by atoms with Gasteiger partial charge < -0.3 is 16.0 Å². The van der Waals surface area contributed by atoms with Gasteiger partial charge in [-0.2, -0.15) is 5.10 Å². The summed E-state index contributed by atoms with van der Waals surface area (Å²) in [5, 5.41) is 8.01. The van der Waals surface area contributed by atoms with Crippen LogP contribution in [0.2, 0.25) is 5.02 Å². The Bertz CT molecular complexity index is 980. The average molecular weight is 515 g/mol. The molecule has 3 N–H and O–H groups in total. The molecule has 9 heteroatoms. The minimum Gasteiger partial charge on any atom is -0.344 e. The van der Waals surface area contributed by atoms with E-state index in [0.717, 1.165) is 24.9 Å². The number of benzene rings is 1. The Kier molecular flexibility index (Phi) is 9.01. The number of carbonyl (C=O) groups is 2. The van der Waals surface area contributed by atoms with E-state index in [1.807, 2.05) is 33.8 Å². The van der Waals surface area contributed by atoms with Crippen molar-refractivity contribution in [2.45, 2.75) is 83.3 Å². The molecule has 2 aromatic rings. The van der Waals surface area contributed by atoms with Crippen molar-refractivity contribution in [3.05, 3.63) is 47.5 Å². The number of hydrogen-bond acceptors (Lipinski definition) is 5. The molecule has 0 unspecified atom stereocenters. The van der Waals surface area contributed by atoms with Crippen LogP contribution in [0.5, 0.6) is 0 Å². The van der Waals surface area contributed by atoms with Crippen LogP contribution in [0.4, 0.5) is 0 Å². The number of likely N-dealkylation sites (tertiary alicyclic amines) is 1. The zero-order chi connectivity index (χ0) is 25.5. The lowest BCUT2D eigenvalue weighted by molar-refractivity contribution is -0.139. The molecular formula is C27H39ClN6O2. The molecule has 2 heterocycles. The highest BCUT2D eigenvalue weighted by Gasteiger charge is 2.43. The van der Waals surface area contributed by atoms with Crippen LogP contribution < -0.4 is 11.1 Å². The van der Waals surface area contributed by atoms with Gasteiger partial charge in [-0.25, -0.2) is 4.98 Å². The Labute approximate surface area is 219 Å². The lowest BCUT2D eigenvalue weighted by atomic mass is 9.63. The molecule has 1 aliphatic carbocycles. The van der Waals surface area contributed by atoms with E-state index in [4.69, 9.17) is 17.3 Å². The summed E-state index contributed by atoms with van der Waals surface area (Å²) >= 11 is 6.05. The molecule has 4 rings (SSSR count). The predicted octanol–water partition coefficient (Wildman–Crippen LogP) is 3.59. The maximum absolute atomic E-state index is 13.7.